The summed E-state index contributed by atoms with van der Waals surface area (Å²) in [5.41, 5.74) is 4.52. The van der Waals surface area contributed by atoms with Crippen molar-refractivity contribution in [3.8, 4) is 22.5 Å². The molecule has 0 unspecified atom stereocenters. The summed E-state index contributed by atoms with van der Waals surface area (Å²) in [6.07, 6.45) is 1.53. The van der Waals surface area contributed by atoms with Gasteiger partial charge in [0.05, 0.1) is 37.8 Å². The molecule has 226 valence electrons. The summed E-state index contributed by atoms with van der Waals surface area (Å²) in [5.74, 6) is -0.179. The van der Waals surface area contributed by atoms with Crippen molar-refractivity contribution in [1.82, 2.24) is 30.4 Å². The van der Waals surface area contributed by atoms with Gasteiger partial charge in [0.15, 0.2) is 0 Å². The molecule has 0 atom stereocenters. The summed E-state index contributed by atoms with van der Waals surface area (Å²) < 4.78 is 10.7. The van der Waals surface area contributed by atoms with Crippen LogP contribution in [0.25, 0.3) is 22.5 Å². The highest BCUT2D eigenvalue weighted by molar-refractivity contribution is 8.93. The van der Waals surface area contributed by atoms with Crippen molar-refractivity contribution >= 4 is 45.8 Å². The summed E-state index contributed by atoms with van der Waals surface area (Å²) in [4.78, 5) is 38.6. The summed E-state index contributed by atoms with van der Waals surface area (Å²) in [6.45, 7) is 9.45. The van der Waals surface area contributed by atoms with Crippen LogP contribution in [0.5, 0.6) is 0 Å². The van der Waals surface area contributed by atoms with Crippen LogP contribution in [-0.2, 0) is 9.47 Å². The number of aromatic nitrogens is 2. The molecule has 2 aliphatic rings. The number of carbonyl (C=O) groups excluding carboxylic acids is 2. The Kier molecular flexibility index (Phi) is 14.0. The molecule has 2 N–H and O–H groups in total. The number of carbonyl (C=O) groups is 2. The third-order valence-electron chi connectivity index (χ3n) is 7.19. The highest BCUT2D eigenvalue weighted by Gasteiger charge is 2.13. The minimum atomic E-state index is -0.0894. The first kappa shape index (κ1) is 33.8. The quantitative estimate of drug-likeness (QED) is 0.332. The molecule has 0 aliphatic carbocycles. The Hall–Kier alpha value is -2.74. The number of rotatable bonds is 10. The molecule has 42 heavy (non-hydrogen) atoms. The molecule has 2 amide bonds. The molecule has 0 spiro atoms. The van der Waals surface area contributed by atoms with E-state index in [2.05, 4.69) is 30.4 Å². The van der Waals surface area contributed by atoms with Crippen molar-refractivity contribution < 1.29 is 19.1 Å². The largest absolute Gasteiger partial charge is 0.379 e. The molecule has 12 heteroatoms. The maximum atomic E-state index is 12.6. The minimum absolute atomic E-state index is 0. The number of hydrogen-bond acceptors (Lipinski definition) is 8. The Bertz CT molecular complexity index is 1170. The van der Waals surface area contributed by atoms with E-state index in [1.54, 1.807) is 0 Å². The van der Waals surface area contributed by atoms with Crippen LogP contribution in [0.2, 0.25) is 0 Å². The van der Waals surface area contributed by atoms with Crippen LogP contribution in [0.1, 0.15) is 20.7 Å². The summed E-state index contributed by atoms with van der Waals surface area (Å²) in [7, 11) is 0. The third-order valence-corrected chi connectivity index (χ3v) is 7.19. The normalized spacial score (nSPS) is 15.6. The molecule has 3 heterocycles. The van der Waals surface area contributed by atoms with Gasteiger partial charge in [-0.2, -0.15) is 0 Å². The molecular weight excluding hydrogens is 668 g/mol. The minimum Gasteiger partial charge on any atom is -0.379 e. The SMILES string of the molecule is Br.Br.O=C(NCCN1CCOCC1)c1ccc(-c2cc(-c3ccc(C(=O)NCCN4CCOCC4)cc3)ncn2)cc1. The van der Waals surface area contributed by atoms with E-state index in [4.69, 9.17) is 9.47 Å². The third kappa shape index (κ3) is 9.65. The average Bonchev–Trinajstić information content (AvgIpc) is 3.02. The molecule has 2 aromatic carbocycles. The topological polar surface area (TPSA) is 109 Å². The first-order valence-corrected chi connectivity index (χ1v) is 13.9. The molecule has 0 radical (unpaired) electrons. The van der Waals surface area contributed by atoms with Crippen molar-refractivity contribution in [2.75, 3.05) is 78.8 Å². The fraction of sp³-hybridized carbons (Fsp3) is 0.400. The fourth-order valence-corrected chi connectivity index (χ4v) is 4.77. The molecule has 2 fully saturated rings. The number of amides is 2. The zero-order valence-electron chi connectivity index (χ0n) is 23.5. The first-order valence-electron chi connectivity index (χ1n) is 13.9. The van der Waals surface area contributed by atoms with Crippen LogP contribution < -0.4 is 10.6 Å². The Labute approximate surface area is 267 Å². The van der Waals surface area contributed by atoms with E-state index >= 15 is 0 Å². The van der Waals surface area contributed by atoms with Crippen LogP contribution in [0, 0.1) is 0 Å². The van der Waals surface area contributed by atoms with Crippen molar-refractivity contribution in [1.29, 1.82) is 0 Å². The van der Waals surface area contributed by atoms with E-state index in [0.717, 1.165) is 88.2 Å². The fourth-order valence-electron chi connectivity index (χ4n) is 4.77. The van der Waals surface area contributed by atoms with Gasteiger partial charge >= 0.3 is 0 Å². The van der Waals surface area contributed by atoms with Gasteiger partial charge in [0.1, 0.15) is 6.33 Å². The molecule has 3 aromatic rings. The van der Waals surface area contributed by atoms with Crippen molar-refractivity contribution in [3.63, 3.8) is 0 Å². The molecule has 10 nitrogen and oxygen atoms in total. The zero-order chi connectivity index (χ0) is 27.6. The maximum Gasteiger partial charge on any atom is 0.251 e. The van der Waals surface area contributed by atoms with E-state index < -0.39 is 0 Å². The Balaban J connectivity index is 0.00000242. The monoisotopic (exact) mass is 704 g/mol. The van der Waals surface area contributed by atoms with Crippen LogP contribution in [0.15, 0.2) is 60.9 Å². The molecule has 5 rings (SSSR count). The van der Waals surface area contributed by atoms with Gasteiger partial charge < -0.3 is 20.1 Å². The lowest BCUT2D eigenvalue weighted by molar-refractivity contribution is 0.0382. The van der Waals surface area contributed by atoms with Crippen molar-refractivity contribution in [3.05, 3.63) is 72.1 Å². The van der Waals surface area contributed by atoms with E-state index in [1.165, 1.54) is 6.33 Å². The van der Waals surface area contributed by atoms with E-state index in [1.807, 2.05) is 54.6 Å². The van der Waals surface area contributed by atoms with Gasteiger partial charge in [-0.3, -0.25) is 19.4 Å². The summed E-state index contributed by atoms with van der Waals surface area (Å²) in [6, 6.07) is 16.7. The number of benzene rings is 2. The standard InChI is InChI=1S/C30H36N6O4.2BrH/c37-29(31-9-11-35-13-17-39-18-14-35)25-5-1-23(2-6-25)27-21-28(34-22-33-27)24-3-7-26(8-4-24)30(38)32-10-12-36-15-19-40-20-16-36;;/h1-8,21-22H,9-20H2,(H,31,37)(H,32,38);2*1H. The smallest absolute Gasteiger partial charge is 0.251 e. The lowest BCUT2D eigenvalue weighted by atomic mass is 10.0. The van der Waals surface area contributed by atoms with E-state index in [0.29, 0.717) is 24.2 Å². The Morgan fingerprint density at radius 3 is 1.40 bits per heavy atom. The van der Waals surface area contributed by atoms with Crippen molar-refractivity contribution in [2.24, 2.45) is 0 Å². The lowest BCUT2D eigenvalue weighted by Gasteiger charge is -2.26. The van der Waals surface area contributed by atoms with Crippen LogP contribution >= 0.6 is 34.0 Å². The second-order valence-corrected chi connectivity index (χ2v) is 9.86. The zero-order valence-corrected chi connectivity index (χ0v) is 26.9. The lowest BCUT2D eigenvalue weighted by Crippen LogP contribution is -2.41. The Morgan fingerprint density at radius 1 is 0.643 bits per heavy atom. The van der Waals surface area contributed by atoms with Crippen LogP contribution in [0.4, 0.5) is 0 Å². The number of nitrogens with zero attached hydrogens (tertiary/aromatic N) is 4. The highest BCUT2D eigenvalue weighted by Crippen LogP contribution is 2.23. The molecule has 0 saturated carbocycles. The number of halogens is 2. The number of hydrogen-bond donors (Lipinski definition) is 2. The highest BCUT2D eigenvalue weighted by atomic mass is 79.9. The van der Waals surface area contributed by atoms with Gasteiger partial charge in [0.25, 0.3) is 11.8 Å². The molecule has 0 bridgehead atoms. The number of morpholine rings is 2. The summed E-state index contributed by atoms with van der Waals surface area (Å²) in [5, 5.41) is 5.98. The molecular formula is C30H38Br2N6O4. The van der Waals surface area contributed by atoms with Gasteiger partial charge in [-0.1, -0.05) is 24.3 Å². The van der Waals surface area contributed by atoms with Crippen molar-refractivity contribution in [2.45, 2.75) is 0 Å². The number of nitrogens with one attached hydrogen (secondary N) is 2. The predicted octanol–water partition coefficient (Wildman–Crippen LogP) is 3.09. The molecule has 2 saturated heterocycles. The van der Waals surface area contributed by atoms with Gasteiger partial charge in [-0.15, -0.1) is 34.0 Å². The Morgan fingerprint density at radius 2 is 1.02 bits per heavy atom. The van der Waals surface area contributed by atoms with Gasteiger partial charge in [0, 0.05) is 74.6 Å². The second-order valence-electron chi connectivity index (χ2n) is 9.86. The predicted molar refractivity (Wildman–Crippen MR) is 173 cm³/mol. The first-order chi connectivity index (χ1) is 19.7. The second kappa shape index (κ2) is 17.4. The van der Waals surface area contributed by atoms with Crippen LogP contribution in [-0.4, -0.2) is 110 Å². The van der Waals surface area contributed by atoms with Gasteiger partial charge in [0.2, 0.25) is 0 Å². The number of ether oxygens (including phenoxy) is 2. The summed E-state index contributed by atoms with van der Waals surface area (Å²) >= 11 is 0. The van der Waals surface area contributed by atoms with Gasteiger partial charge in [-0.05, 0) is 30.3 Å². The molecule has 1 aromatic heterocycles. The van der Waals surface area contributed by atoms with Gasteiger partial charge in [-0.25, -0.2) is 9.97 Å². The van der Waals surface area contributed by atoms with E-state index in [9.17, 15) is 9.59 Å². The van der Waals surface area contributed by atoms with Crippen LogP contribution in [0.3, 0.4) is 0 Å². The van der Waals surface area contributed by atoms with E-state index in [-0.39, 0.29) is 45.8 Å². The molecule has 2 aliphatic heterocycles. The maximum absolute atomic E-state index is 12.6. The average molecular weight is 706 g/mol.